The first kappa shape index (κ1) is 12.8. The van der Waals surface area contributed by atoms with Crippen LogP contribution in [0.5, 0.6) is 0 Å². The first-order valence-electron chi connectivity index (χ1n) is 6.36. The van der Waals surface area contributed by atoms with Gasteiger partial charge in [-0.3, -0.25) is 9.69 Å². The zero-order chi connectivity index (χ0) is 12.3. The molecule has 0 atom stereocenters. The van der Waals surface area contributed by atoms with Crippen LogP contribution in [0.25, 0.3) is 0 Å². The van der Waals surface area contributed by atoms with Gasteiger partial charge in [0.15, 0.2) is 0 Å². The number of likely N-dealkylation sites (N-methyl/N-ethyl adjacent to an activating group) is 1. The predicted molar refractivity (Wildman–Crippen MR) is 63.7 cm³/mol. The molecule has 2 fully saturated rings. The van der Waals surface area contributed by atoms with Crippen LogP contribution in [-0.4, -0.2) is 72.9 Å². The Labute approximate surface area is 102 Å². The average Bonchev–Trinajstić information content (AvgIpc) is 2.13. The monoisotopic (exact) mass is 242 g/mol. The van der Waals surface area contributed by atoms with E-state index in [2.05, 4.69) is 0 Å². The SMILES string of the molecule is CN(CC(=O)N1CCC1)CC1(O)CCOCC1. The van der Waals surface area contributed by atoms with E-state index >= 15 is 0 Å². The minimum Gasteiger partial charge on any atom is -0.388 e. The van der Waals surface area contributed by atoms with Gasteiger partial charge < -0.3 is 14.7 Å². The smallest absolute Gasteiger partial charge is 0.236 e. The van der Waals surface area contributed by atoms with Crippen molar-refractivity contribution < 1.29 is 14.6 Å². The molecule has 2 aliphatic heterocycles. The Morgan fingerprint density at radius 1 is 1.41 bits per heavy atom. The molecule has 0 bridgehead atoms. The van der Waals surface area contributed by atoms with Gasteiger partial charge in [0, 0.05) is 45.7 Å². The molecule has 0 saturated carbocycles. The minimum atomic E-state index is -0.678. The van der Waals surface area contributed by atoms with Crippen LogP contribution in [0.4, 0.5) is 0 Å². The summed E-state index contributed by atoms with van der Waals surface area (Å²) in [6, 6.07) is 0. The number of likely N-dealkylation sites (tertiary alicyclic amines) is 1. The second-order valence-corrected chi connectivity index (χ2v) is 5.24. The predicted octanol–water partition coefficient (Wildman–Crippen LogP) is -0.308. The summed E-state index contributed by atoms with van der Waals surface area (Å²) < 4.78 is 5.24. The number of hydrogen-bond donors (Lipinski definition) is 1. The molecule has 5 heteroatoms. The molecule has 2 heterocycles. The molecule has 0 radical (unpaired) electrons. The fourth-order valence-corrected chi connectivity index (χ4v) is 2.36. The maximum absolute atomic E-state index is 11.8. The van der Waals surface area contributed by atoms with Crippen LogP contribution in [0.2, 0.25) is 0 Å². The van der Waals surface area contributed by atoms with Gasteiger partial charge in [-0.05, 0) is 13.5 Å². The van der Waals surface area contributed by atoms with E-state index in [-0.39, 0.29) is 5.91 Å². The Bertz CT molecular complexity index is 273. The zero-order valence-electron chi connectivity index (χ0n) is 10.5. The Morgan fingerprint density at radius 2 is 2.06 bits per heavy atom. The molecular weight excluding hydrogens is 220 g/mol. The molecule has 1 amide bonds. The van der Waals surface area contributed by atoms with Gasteiger partial charge in [0.25, 0.3) is 0 Å². The van der Waals surface area contributed by atoms with Crippen molar-refractivity contribution >= 4 is 5.91 Å². The molecule has 0 aliphatic carbocycles. The van der Waals surface area contributed by atoms with Crippen molar-refractivity contribution in [1.29, 1.82) is 0 Å². The molecule has 1 N–H and O–H groups in total. The number of rotatable bonds is 4. The second kappa shape index (κ2) is 5.33. The molecule has 5 nitrogen and oxygen atoms in total. The second-order valence-electron chi connectivity index (χ2n) is 5.24. The first-order chi connectivity index (χ1) is 8.09. The summed E-state index contributed by atoms with van der Waals surface area (Å²) in [7, 11) is 1.89. The Kier molecular flexibility index (Phi) is 4.01. The summed E-state index contributed by atoms with van der Waals surface area (Å²) in [6.45, 7) is 3.98. The van der Waals surface area contributed by atoms with Gasteiger partial charge in [-0.2, -0.15) is 0 Å². The van der Waals surface area contributed by atoms with Gasteiger partial charge in [-0.25, -0.2) is 0 Å². The molecule has 17 heavy (non-hydrogen) atoms. The first-order valence-corrected chi connectivity index (χ1v) is 6.36. The van der Waals surface area contributed by atoms with Crippen molar-refractivity contribution in [2.24, 2.45) is 0 Å². The average molecular weight is 242 g/mol. The molecular formula is C12H22N2O3. The van der Waals surface area contributed by atoms with Crippen LogP contribution in [0.1, 0.15) is 19.3 Å². The number of carbonyl (C=O) groups is 1. The summed E-state index contributed by atoms with van der Waals surface area (Å²) in [5, 5.41) is 10.3. The van der Waals surface area contributed by atoms with Crippen LogP contribution < -0.4 is 0 Å². The summed E-state index contributed by atoms with van der Waals surface area (Å²) in [6.07, 6.45) is 2.45. The maximum Gasteiger partial charge on any atom is 0.236 e. The highest BCUT2D eigenvalue weighted by Gasteiger charge is 2.32. The lowest BCUT2D eigenvalue weighted by molar-refractivity contribution is -0.137. The van der Waals surface area contributed by atoms with Crippen LogP contribution in [0.3, 0.4) is 0 Å². The Hall–Kier alpha value is -0.650. The van der Waals surface area contributed by atoms with E-state index in [9.17, 15) is 9.90 Å². The third-order valence-corrected chi connectivity index (χ3v) is 3.60. The molecule has 2 saturated heterocycles. The van der Waals surface area contributed by atoms with E-state index in [0.29, 0.717) is 39.1 Å². The molecule has 98 valence electrons. The lowest BCUT2D eigenvalue weighted by Gasteiger charge is -2.37. The number of hydrogen-bond acceptors (Lipinski definition) is 4. The normalized spacial score (nSPS) is 23.6. The highest BCUT2D eigenvalue weighted by Crippen LogP contribution is 2.21. The molecule has 0 unspecified atom stereocenters. The summed E-state index contributed by atoms with van der Waals surface area (Å²) in [4.78, 5) is 15.5. The minimum absolute atomic E-state index is 0.175. The van der Waals surface area contributed by atoms with Crippen molar-refractivity contribution in [1.82, 2.24) is 9.80 Å². The lowest BCUT2D eigenvalue weighted by Crippen LogP contribution is -2.50. The summed E-state index contributed by atoms with van der Waals surface area (Å²) in [5.74, 6) is 0.175. The molecule has 2 rings (SSSR count). The van der Waals surface area contributed by atoms with E-state index in [1.165, 1.54) is 0 Å². The lowest BCUT2D eigenvalue weighted by atomic mass is 9.94. The van der Waals surface area contributed by atoms with Gasteiger partial charge >= 0.3 is 0 Å². The van der Waals surface area contributed by atoms with Crippen molar-refractivity contribution in [2.75, 3.05) is 46.4 Å². The standard InChI is InChI=1S/C12H22N2O3/c1-13(9-11(15)14-5-2-6-14)10-12(16)3-7-17-8-4-12/h16H,2-10H2,1H3. The molecule has 0 aromatic heterocycles. The van der Waals surface area contributed by atoms with E-state index in [1.807, 2.05) is 16.8 Å². The van der Waals surface area contributed by atoms with Gasteiger partial charge in [0.1, 0.15) is 0 Å². The van der Waals surface area contributed by atoms with E-state index in [0.717, 1.165) is 19.5 Å². The quantitative estimate of drug-likeness (QED) is 0.735. The maximum atomic E-state index is 11.8. The van der Waals surface area contributed by atoms with Crippen LogP contribution in [0, 0.1) is 0 Å². The van der Waals surface area contributed by atoms with Crippen molar-refractivity contribution in [3.05, 3.63) is 0 Å². The van der Waals surface area contributed by atoms with Crippen molar-refractivity contribution in [2.45, 2.75) is 24.9 Å². The number of nitrogens with zero attached hydrogens (tertiary/aromatic N) is 2. The Morgan fingerprint density at radius 3 is 2.59 bits per heavy atom. The zero-order valence-corrected chi connectivity index (χ0v) is 10.5. The van der Waals surface area contributed by atoms with Crippen molar-refractivity contribution in [3.63, 3.8) is 0 Å². The number of carbonyl (C=O) groups excluding carboxylic acids is 1. The topological polar surface area (TPSA) is 53.0 Å². The third-order valence-electron chi connectivity index (χ3n) is 3.60. The Balaban J connectivity index is 1.75. The molecule has 2 aliphatic rings. The van der Waals surface area contributed by atoms with Gasteiger partial charge in [-0.15, -0.1) is 0 Å². The number of ether oxygens (including phenoxy) is 1. The van der Waals surface area contributed by atoms with Gasteiger partial charge in [0.2, 0.25) is 5.91 Å². The van der Waals surface area contributed by atoms with Crippen LogP contribution in [0.15, 0.2) is 0 Å². The summed E-state index contributed by atoms with van der Waals surface area (Å²) in [5.41, 5.74) is -0.678. The molecule has 0 aromatic rings. The van der Waals surface area contributed by atoms with Crippen LogP contribution in [-0.2, 0) is 9.53 Å². The van der Waals surface area contributed by atoms with Crippen LogP contribution >= 0.6 is 0 Å². The largest absolute Gasteiger partial charge is 0.388 e. The van der Waals surface area contributed by atoms with E-state index in [1.54, 1.807) is 0 Å². The fraction of sp³-hybridized carbons (Fsp3) is 0.917. The third kappa shape index (κ3) is 3.40. The summed E-state index contributed by atoms with van der Waals surface area (Å²) >= 11 is 0. The number of amides is 1. The highest BCUT2D eigenvalue weighted by atomic mass is 16.5. The van der Waals surface area contributed by atoms with E-state index in [4.69, 9.17) is 4.74 Å². The molecule has 0 aromatic carbocycles. The van der Waals surface area contributed by atoms with E-state index < -0.39 is 5.60 Å². The highest BCUT2D eigenvalue weighted by molar-refractivity contribution is 5.78. The fourth-order valence-electron chi connectivity index (χ4n) is 2.36. The van der Waals surface area contributed by atoms with Gasteiger partial charge in [-0.1, -0.05) is 0 Å². The number of aliphatic hydroxyl groups is 1. The van der Waals surface area contributed by atoms with Crippen molar-refractivity contribution in [3.8, 4) is 0 Å². The molecule has 0 spiro atoms. The van der Waals surface area contributed by atoms with Gasteiger partial charge in [0.05, 0.1) is 12.1 Å².